The van der Waals surface area contributed by atoms with Gasteiger partial charge in [-0.2, -0.15) is 0 Å². The van der Waals surface area contributed by atoms with Gasteiger partial charge in [0.2, 0.25) is 3.79 Å². The summed E-state index contributed by atoms with van der Waals surface area (Å²) in [6.45, 7) is 0. The van der Waals surface area contributed by atoms with Crippen molar-refractivity contribution in [1.29, 1.82) is 0 Å². The van der Waals surface area contributed by atoms with Crippen molar-refractivity contribution in [2.75, 3.05) is 0 Å². The molecule has 2 rings (SSSR count). The first kappa shape index (κ1) is 10.3. The predicted molar refractivity (Wildman–Crippen MR) is 56.1 cm³/mol. The fourth-order valence-electron chi connectivity index (χ4n) is 1.20. The van der Waals surface area contributed by atoms with Crippen molar-refractivity contribution in [3.63, 3.8) is 0 Å². The standard InChI is InChI=1S/C8H7Cl3N2O/c9-8(10,11)7-12-5(4-1-2-4)3-6(14)13-7/h3-4H,1-2H2,(H,12,13,14). The Morgan fingerprint density at radius 3 is 2.57 bits per heavy atom. The molecule has 6 heteroatoms. The normalized spacial score (nSPS) is 17.1. The number of aromatic nitrogens is 2. The highest BCUT2D eigenvalue weighted by Gasteiger charge is 2.30. The number of aromatic amines is 1. The minimum Gasteiger partial charge on any atom is -0.307 e. The number of nitrogens with zero attached hydrogens (tertiary/aromatic N) is 1. The van der Waals surface area contributed by atoms with E-state index in [1.165, 1.54) is 6.07 Å². The van der Waals surface area contributed by atoms with Crippen molar-refractivity contribution in [2.24, 2.45) is 0 Å². The molecule has 0 saturated heterocycles. The summed E-state index contributed by atoms with van der Waals surface area (Å²) in [6, 6.07) is 1.46. The summed E-state index contributed by atoms with van der Waals surface area (Å²) in [7, 11) is 0. The molecule has 14 heavy (non-hydrogen) atoms. The lowest BCUT2D eigenvalue weighted by molar-refractivity contribution is 0.880. The van der Waals surface area contributed by atoms with Crippen LogP contribution in [0.1, 0.15) is 30.3 Å². The molecule has 0 radical (unpaired) electrons. The number of alkyl halides is 3. The lowest BCUT2D eigenvalue weighted by atomic mass is 10.3. The molecule has 1 N–H and O–H groups in total. The average molecular weight is 254 g/mol. The molecule has 1 aromatic rings. The summed E-state index contributed by atoms with van der Waals surface area (Å²) in [5.41, 5.74) is 0.443. The third-order valence-electron chi connectivity index (χ3n) is 2.03. The van der Waals surface area contributed by atoms with E-state index in [1.54, 1.807) is 0 Å². The van der Waals surface area contributed by atoms with Crippen molar-refractivity contribution < 1.29 is 0 Å². The zero-order valence-corrected chi connectivity index (χ0v) is 9.33. The molecule has 0 unspecified atom stereocenters. The number of halogens is 3. The fraction of sp³-hybridized carbons (Fsp3) is 0.500. The molecule has 0 spiro atoms. The minimum absolute atomic E-state index is 0.0944. The molecule has 0 atom stereocenters. The number of hydrogen-bond acceptors (Lipinski definition) is 2. The van der Waals surface area contributed by atoms with Gasteiger partial charge in [0.1, 0.15) is 0 Å². The highest BCUT2D eigenvalue weighted by atomic mass is 35.6. The molecule has 1 heterocycles. The van der Waals surface area contributed by atoms with E-state index in [0.717, 1.165) is 18.5 Å². The van der Waals surface area contributed by atoms with Crippen molar-refractivity contribution in [1.82, 2.24) is 9.97 Å². The van der Waals surface area contributed by atoms with Gasteiger partial charge < -0.3 is 4.98 Å². The minimum atomic E-state index is -1.66. The number of hydrogen-bond donors (Lipinski definition) is 1. The summed E-state index contributed by atoms with van der Waals surface area (Å²) < 4.78 is -1.66. The first-order valence-corrected chi connectivity index (χ1v) is 5.28. The first-order chi connectivity index (χ1) is 6.47. The van der Waals surface area contributed by atoms with Gasteiger partial charge in [-0.25, -0.2) is 4.98 Å². The number of nitrogens with one attached hydrogen (secondary N) is 1. The average Bonchev–Trinajstić information content (AvgIpc) is 2.83. The summed E-state index contributed by atoms with van der Waals surface area (Å²) in [4.78, 5) is 17.7. The number of rotatable bonds is 1. The van der Waals surface area contributed by atoms with Crippen LogP contribution in [0.15, 0.2) is 10.9 Å². The highest BCUT2D eigenvalue weighted by Crippen LogP contribution is 2.40. The van der Waals surface area contributed by atoms with Crippen LogP contribution in [0.2, 0.25) is 0 Å². The Morgan fingerprint density at radius 1 is 1.43 bits per heavy atom. The zero-order valence-electron chi connectivity index (χ0n) is 7.06. The van der Waals surface area contributed by atoms with Gasteiger partial charge in [0, 0.05) is 12.0 Å². The van der Waals surface area contributed by atoms with Crippen LogP contribution in [-0.4, -0.2) is 9.97 Å². The Kier molecular flexibility index (Phi) is 2.50. The van der Waals surface area contributed by atoms with E-state index in [0.29, 0.717) is 5.92 Å². The monoisotopic (exact) mass is 252 g/mol. The Balaban J connectivity index is 2.46. The fourth-order valence-corrected chi connectivity index (χ4v) is 1.47. The van der Waals surface area contributed by atoms with Crippen LogP contribution in [0, 0.1) is 0 Å². The van der Waals surface area contributed by atoms with Gasteiger partial charge in [0.25, 0.3) is 5.56 Å². The van der Waals surface area contributed by atoms with Gasteiger partial charge in [-0.1, -0.05) is 34.8 Å². The van der Waals surface area contributed by atoms with E-state index in [-0.39, 0.29) is 11.4 Å². The van der Waals surface area contributed by atoms with Crippen LogP contribution in [0.5, 0.6) is 0 Å². The molecule has 1 aliphatic rings. The lowest BCUT2D eigenvalue weighted by Crippen LogP contribution is -2.17. The summed E-state index contributed by atoms with van der Waals surface area (Å²) in [6.07, 6.45) is 2.10. The van der Waals surface area contributed by atoms with Gasteiger partial charge >= 0.3 is 0 Å². The van der Waals surface area contributed by atoms with Crippen molar-refractivity contribution in [3.8, 4) is 0 Å². The van der Waals surface area contributed by atoms with Crippen LogP contribution in [0.3, 0.4) is 0 Å². The smallest absolute Gasteiger partial charge is 0.251 e. The Morgan fingerprint density at radius 2 is 2.07 bits per heavy atom. The second-order valence-corrected chi connectivity index (χ2v) is 5.57. The van der Waals surface area contributed by atoms with E-state index in [1.807, 2.05) is 0 Å². The molecule has 0 bridgehead atoms. The second kappa shape index (κ2) is 3.40. The van der Waals surface area contributed by atoms with E-state index in [9.17, 15) is 4.79 Å². The van der Waals surface area contributed by atoms with E-state index in [4.69, 9.17) is 34.8 Å². The van der Waals surface area contributed by atoms with Crippen LogP contribution in [-0.2, 0) is 3.79 Å². The summed E-state index contributed by atoms with van der Waals surface area (Å²) >= 11 is 16.9. The molecular weight excluding hydrogens is 246 g/mol. The van der Waals surface area contributed by atoms with Gasteiger partial charge in [-0.05, 0) is 12.8 Å². The maximum atomic E-state index is 11.2. The molecule has 1 aliphatic carbocycles. The summed E-state index contributed by atoms with van der Waals surface area (Å²) in [5, 5.41) is 0. The van der Waals surface area contributed by atoms with Crippen molar-refractivity contribution in [3.05, 3.63) is 27.9 Å². The third-order valence-corrected chi connectivity index (χ3v) is 2.56. The molecule has 0 aromatic carbocycles. The summed E-state index contributed by atoms with van der Waals surface area (Å²) in [5.74, 6) is 0.459. The van der Waals surface area contributed by atoms with Crippen LogP contribution >= 0.6 is 34.8 Å². The molecule has 3 nitrogen and oxygen atoms in total. The Hall–Kier alpha value is -0.250. The first-order valence-electron chi connectivity index (χ1n) is 4.15. The Labute approximate surface area is 95.4 Å². The maximum absolute atomic E-state index is 11.2. The SMILES string of the molecule is O=c1cc(C2CC2)nc(C(Cl)(Cl)Cl)[nH]1. The topological polar surface area (TPSA) is 45.8 Å². The van der Waals surface area contributed by atoms with Crippen LogP contribution in [0.25, 0.3) is 0 Å². The van der Waals surface area contributed by atoms with Crippen molar-refractivity contribution >= 4 is 34.8 Å². The maximum Gasteiger partial charge on any atom is 0.251 e. The van der Waals surface area contributed by atoms with Gasteiger partial charge in [-0.3, -0.25) is 4.79 Å². The van der Waals surface area contributed by atoms with Crippen LogP contribution in [0.4, 0.5) is 0 Å². The molecular formula is C8H7Cl3N2O. The van der Waals surface area contributed by atoms with Gasteiger partial charge in [-0.15, -0.1) is 0 Å². The third kappa shape index (κ3) is 2.22. The lowest BCUT2D eigenvalue weighted by Gasteiger charge is -2.10. The molecule has 1 saturated carbocycles. The van der Waals surface area contributed by atoms with Crippen molar-refractivity contribution in [2.45, 2.75) is 22.6 Å². The number of H-pyrrole nitrogens is 1. The second-order valence-electron chi connectivity index (χ2n) is 3.29. The van der Waals surface area contributed by atoms with Crippen LogP contribution < -0.4 is 5.56 Å². The van der Waals surface area contributed by atoms with E-state index >= 15 is 0 Å². The predicted octanol–water partition coefficient (Wildman–Crippen LogP) is 2.47. The molecule has 0 amide bonds. The molecule has 1 fully saturated rings. The zero-order chi connectivity index (χ0) is 10.3. The van der Waals surface area contributed by atoms with E-state index < -0.39 is 3.79 Å². The molecule has 0 aliphatic heterocycles. The quantitative estimate of drug-likeness (QED) is 0.782. The molecule has 76 valence electrons. The Bertz CT molecular complexity index is 406. The van der Waals surface area contributed by atoms with E-state index in [2.05, 4.69) is 9.97 Å². The molecule has 1 aromatic heterocycles. The van der Waals surface area contributed by atoms with Gasteiger partial charge in [0.15, 0.2) is 5.82 Å². The highest BCUT2D eigenvalue weighted by molar-refractivity contribution is 6.66. The largest absolute Gasteiger partial charge is 0.307 e. The van der Waals surface area contributed by atoms with Gasteiger partial charge in [0.05, 0.1) is 5.69 Å².